The number of hydrogen-bond donors (Lipinski definition) is 1. The number of fused-ring (bicyclic) bond motifs is 1. The first-order chi connectivity index (χ1) is 22.8. The number of piperazine rings is 1. The molecule has 1 fully saturated rings. The second-order valence-corrected chi connectivity index (χ2v) is 13.2. The lowest BCUT2D eigenvalue weighted by Crippen LogP contribution is -2.49. The number of hydrazine groups is 1. The molecule has 0 saturated carbocycles. The van der Waals surface area contributed by atoms with Crippen molar-refractivity contribution in [2.75, 3.05) is 38.3 Å². The van der Waals surface area contributed by atoms with Crippen LogP contribution in [0.3, 0.4) is 0 Å². The van der Waals surface area contributed by atoms with Gasteiger partial charge in [-0.1, -0.05) is 97.1 Å². The van der Waals surface area contributed by atoms with Crippen LogP contribution in [0.1, 0.15) is 21.5 Å². The number of carbonyl (C=O) groups is 2. The number of sulfonamides is 1. The van der Waals surface area contributed by atoms with Gasteiger partial charge in [0.25, 0.3) is 5.91 Å². The molecule has 5 aromatic rings. The lowest BCUT2D eigenvalue weighted by Gasteiger charge is -2.35. The number of methoxy groups -OCH3 is 1. The van der Waals surface area contributed by atoms with Gasteiger partial charge in [-0.25, -0.2) is 18.2 Å². The summed E-state index contributed by atoms with van der Waals surface area (Å²) in [6, 6.07) is 35.0. The zero-order chi connectivity index (χ0) is 32.8. The molecule has 47 heavy (non-hydrogen) atoms. The van der Waals surface area contributed by atoms with E-state index in [2.05, 4.69) is 10.3 Å². The van der Waals surface area contributed by atoms with Crippen molar-refractivity contribution < 1.29 is 22.7 Å². The molecule has 10 nitrogen and oxygen atoms in total. The summed E-state index contributed by atoms with van der Waals surface area (Å²) in [7, 11) is -2.25. The van der Waals surface area contributed by atoms with Crippen LogP contribution in [0, 0.1) is 0 Å². The molecule has 2 amide bonds. The third-order valence-corrected chi connectivity index (χ3v) is 10.0. The topological polar surface area (TPSA) is 112 Å². The van der Waals surface area contributed by atoms with E-state index >= 15 is 0 Å². The van der Waals surface area contributed by atoms with Crippen molar-refractivity contribution in [3.63, 3.8) is 0 Å². The maximum atomic E-state index is 14.4. The van der Waals surface area contributed by atoms with Gasteiger partial charge >= 0.3 is 6.09 Å². The van der Waals surface area contributed by atoms with Crippen LogP contribution in [-0.4, -0.2) is 67.9 Å². The molecule has 11 heteroatoms. The van der Waals surface area contributed by atoms with Gasteiger partial charge in [0.2, 0.25) is 10.0 Å². The van der Waals surface area contributed by atoms with Gasteiger partial charge in [0.05, 0.1) is 35.3 Å². The molecule has 2 heterocycles. The number of anilines is 1. The van der Waals surface area contributed by atoms with E-state index in [0.717, 1.165) is 16.1 Å². The number of pyridine rings is 1. The molecule has 1 aromatic heterocycles. The quantitative estimate of drug-likeness (QED) is 0.222. The Bertz CT molecular complexity index is 1970. The summed E-state index contributed by atoms with van der Waals surface area (Å²) in [6.45, 7) is 1.91. The summed E-state index contributed by atoms with van der Waals surface area (Å²) in [6.07, 6.45) is -0.749. The first kappa shape index (κ1) is 31.9. The van der Waals surface area contributed by atoms with Gasteiger partial charge in [0.1, 0.15) is 0 Å². The number of carbonyl (C=O) groups excluding carboxylic acids is 2. The van der Waals surface area contributed by atoms with Gasteiger partial charge < -0.3 is 4.74 Å². The van der Waals surface area contributed by atoms with Crippen molar-refractivity contribution >= 4 is 38.6 Å². The van der Waals surface area contributed by atoms with Gasteiger partial charge in [-0.05, 0) is 23.8 Å². The zero-order valence-electron chi connectivity index (χ0n) is 26.0. The van der Waals surface area contributed by atoms with Crippen molar-refractivity contribution in [3.05, 3.63) is 132 Å². The molecule has 0 bridgehead atoms. The van der Waals surface area contributed by atoms with Gasteiger partial charge in [0.15, 0.2) is 0 Å². The highest BCUT2D eigenvalue weighted by Gasteiger charge is 2.30. The Labute approximate surface area is 274 Å². The van der Waals surface area contributed by atoms with Crippen LogP contribution in [0.15, 0.2) is 115 Å². The predicted molar refractivity (Wildman–Crippen MR) is 182 cm³/mol. The molecule has 1 aliphatic rings. The molecule has 1 saturated heterocycles. The molecule has 0 atom stereocenters. The Hall–Kier alpha value is -5.10. The molecule has 0 unspecified atom stereocenters. The van der Waals surface area contributed by atoms with Crippen LogP contribution in [0.5, 0.6) is 0 Å². The Morgan fingerprint density at radius 1 is 0.809 bits per heavy atom. The number of nitrogens with zero attached hydrogens (tertiary/aromatic N) is 4. The molecule has 0 spiro atoms. The fraction of sp³-hybridized carbons (Fsp3) is 0.194. The fourth-order valence-corrected chi connectivity index (χ4v) is 7.32. The van der Waals surface area contributed by atoms with Crippen LogP contribution in [0.4, 0.5) is 10.5 Å². The highest BCUT2D eigenvalue weighted by atomic mass is 32.2. The smallest absolute Gasteiger partial charge is 0.433 e. The zero-order valence-corrected chi connectivity index (χ0v) is 26.8. The van der Waals surface area contributed by atoms with Gasteiger partial charge in [0, 0.05) is 49.2 Å². The molecule has 0 radical (unpaired) electrons. The third-order valence-electron chi connectivity index (χ3n) is 8.15. The number of ether oxygens (including phenoxy) is 1. The Morgan fingerprint density at radius 2 is 1.40 bits per heavy atom. The minimum absolute atomic E-state index is 0.0526. The van der Waals surface area contributed by atoms with E-state index in [1.165, 1.54) is 11.4 Å². The highest BCUT2D eigenvalue weighted by molar-refractivity contribution is 7.88. The predicted octanol–water partition coefficient (Wildman–Crippen LogP) is 5.47. The highest BCUT2D eigenvalue weighted by Crippen LogP contribution is 2.32. The Balaban J connectivity index is 1.36. The number of amides is 2. The van der Waals surface area contributed by atoms with E-state index < -0.39 is 22.0 Å². The Morgan fingerprint density at radius 3 is 2.06 bits per heavy atom. The lowest BCUT2D eigenvalue weighted by molar-refractivity contribution is 0.0940. The lowest BCUT2D eigenvalue weighted by atomic mass is 9.95. The average Bonchev–Trinajstić information content (AvgIpc) is 3.11. The second kappa shape index (κ2) is 14.1. The van der Waals surface area contributed by atoms with Crippen molar-refractivity contribution in [2.24, 2.45) is 0 Å². The maximum absolute atomic E-state index is 14.4. The molecule has 1 N–H and O–H groups in total. The van der Waals surface area contributed by atoms with E-state index in [9.17, 15) is 18.0 Å². The maximum Gasteiger partial charge on any atom is 0.433 e. The molecular weight excluding hydrogens is 614 g/mol. The normalized spacial score (nSPS) is 14.1. The minimum Gasteiger partial charge on any atom is -0.451 e. The summed E-state index contributed by atoms with van der Waals surface area (Å²) in [4.78, 5) is 34.4. The minimum atomic E-state index is -3.50. The van der Waals surface area contributed by atoms with E-state index in [1.807, 2.05) is 91.0 Å². The standard InChI is InChI=1S/C36H35N5O5S/c1-46-36(43)41(29-17-9-4-10-18-29)38-35(42)33-30-19-11-12-20-32(30)37-34(28-15-7-3-8-16-28)31(33)25-39-21-23-40(24-22-39)47(44,45)26-27-13-5-2-6-14-27/h2-20H,21-26H2,1H3,(H,38,42). The Kier molecular flexibility index (Phi) is 9.58. The number of hydrogen-bond acceptors (Lipinski definition) is 7. The first-order valence-corrected chi connectivity index (χ1v) is 16.9. The summed E-state index contributed by atoms with van der Waals surface area (Å²) < 4.78 is 33.0. The van der Waals surface area contributed by atoms with Crippen LogP contribution in [0.2, 0.25) is 0 Å². The van der Waals surface area contributed by atoms with Crippen LogP contribution >= 0.6 is 0 Å². The molecule has 240 valence electrons. The van der Waals surface area contributed by atoms with E-state index in [4.69, 9.17) is 9.72 Å². The summed E-state index contributed by atoms with van der Waals surface area (Å²) >= 11 is 0. The summed E-state index contributed by atoms with van der Waals surface area (Å²) in [5.41, 5.74) is 7.11. The van der Waals surface area contributed by atoms with Gasteiger partial charge in [-0.3, -0.25) is 15.1 Å². The van der Waals surface area contributed by atoms with Gasteiger partial charge in [-0.2, -0.15) is 9.31 Å². The molecule has 0 aliphatic carbocycles. The number of nitrogens with one attached hydrogen (secondary N) is 1. The molecular formula is C36H35N5O5S. The summed E-state index contributed by atoms with van der Waals surface area (Å²) in [5.74, 6) is -0.558. The first-order valence-electron chi connectivity index (χ1n) is 15.3. The average molecular weight is 650 g/mol. The van der Waals surface area contributed by atoms with Crippen LogP contribution in [-0.2, 0) is 27.1 Å². The number of aromatic nitrogens is 1. The molecule has 4 aromatic carbocycles. The van der Waals surface area contributed by atoms with Crippen molar-refractivity contribution in [3.8, 4) is 11.3 Å². The van der Waals surface area contributed by atoms with Gasteiger partial charge in [-0.15, -0.1) is 0 Å². The van der Waals surface area contributed by atoms with Crippen molar-refractivity contribution in [1.82, 2.24) is 19.6 Å². The monoisotopic (exact) mass is 649 g/mol. The number of rotatable bonds is 8. The SMILES string of the molecule is COC(=O)N(NC(=O)c1c(CN2CCN(S(=O)(=O)Cc3ccccc3)CC2)c(-c2ccccc2)nc2ccccc12)c1ccccc1. The van der Waals surface area contributed by atoms with Crippen LogP contribution < -0.4 is 10.4 Å². The number of para-hydroxylation sites is 2. The third kappa shape index (κ3) is 7.17. The van der Waals surface area contributed by atoms with Crippen LogP contribution in [0.25, 0.3) is 22.2 Å². The molecule has 6 rings (SSSR count). The molecule has 1 aliphatic heterocycles. The van der Waals surface area contributed by atoms with Crippen molar-refractivity contribution in [2.45, 2.75) is 12.3 Å². The van der Waals surface area contributed by atoms with E-state index in [0.29, 0.717) is 66.1 Å². The van der Waals surface area contributed by atoms with Crippen molar-refractivity contribution in [1.29, 1.82) is 0 Å². The summed E-state index contributed by atoms with van der Waals surface area (Å²) in [5, 5.41) is 1.71. The largest absolute Gasteiger partial charge is 0.451 e. The van der Waals surface area contributed by atoms with E-state index in [-0.39, 0.29) is 5.75 Å². The second-order valence-electron chi connectivity index (χ2n) is 11.2. The van der Waals surface area contributed by atoms with E-state index in [1.54, 1.807) is 24.3 Å². The number of benzene rings is 4. The fourth-order valence-electron chi connectivity index (χ4n) is 5.81.